The van der Waals surface area contributed by atoms with Crippen LogP contribution in [0.3, 0.4) is 0 Å². The zero-order chi connectivity index (χ0) is 14.8. The molecule has 2 aromatic rings. The van der Waals surface area contributed by atoms with Gasteiger partial charge in [-0.2, -0.15) is 0 Å². The number of hydrogen-bond donors (Lipinski definition) is 1. The van der Waals surface area contributed by atoms with Crippen LogP contribution in [0.2, 0.25) is 0 Å². The highest BCUT2D eigenvalue weighted by Gasteiger charge is 2.17. The van der Waals surface area contributed by atoms with Crippen molar-refractivity contribution in [1.29, 1.82) is 0 Å². The smallest absolute Gasteiger partial charge is 0.336 e. The molecule has 2 heterocycles. The van der Waals surface area contributed by atoms with Gasteiger partial charge in [-0.25, -0.2) is 4.79 Å². The third kappa shape index (κ3) is 3.17. The summed E-state index contributed by atoms with van der Waals surface area (Å²) >= 11 is 0. The largest absolute Gasteiger partial charge is 0.423 e. The Kier molecular flexibility index (Phi) is 4.08. The SMILES string of the molecule is Cc1cc2oc(=O)cc(C[NH2+]C[C@H]3CCCO3)c2cc1C. The molecule has 1 fully saturated rings. The van der Waals surface area contributed by atoms with Gasteiger partial charge in [-0.3, -0.25) is 0 Å². The fourth-order valence-corrected chi connectivity index (χ4v) is 2.91. The summed E-state index contributed by atoms with van der Waals surface area (Å²) in [4.78, 5) is 11.7. The topological polar surface area (TPSA) is 56.0 Å². The molecule has 2 N–H and O–H groups in total. The lowest BCUT2D eigenvalue weighted by Gasteiger charge is -2.10. The molecular weight excluding hydrogens is 266 g/mol. The van der Waals surface area contributed by atoms with Gasteiger partial charge in [0.1, 0.15) is 24.8 Å². The highest BCUT2D eigenvalue weighted by molar-refractivity contribution is 5.81. The third-order valence-electron chi connectivity index (χ3n) is 4.26. The van der Waals surface area contributed by atoms with Crippen molar-refractivity contribution < 1.29 is 14.5 Å². The van der Waals surface area contributed by atoms with Crippen LogP contribution in [0.4, 0.5) is 0 Å². The van der Waals surface area contributed by atoms with E-state index in [0.717, 1.165) is 49.1 Å². The molecule has 0 saturated carbocycles. The van der Waals surface area contributed by atoms with Gasteiger partial charge in [0, 0.05) is 23.6 Å². The number of nitrogens with two attached hydrogens (primary N) is 1. The number of aryl methyl sites for hydroxylation is 2. The second-order valence-electron chi connectivity index (χ2n) is 5.89. The lowest BCUT2D eigenvalue weighted by atomic mass is 10.0. The van der Waals surface area contributed by atoms with E-state index < -0.39 is 0 Å². The van der Waals surface area contributed by atoms with Crippen molar-refractivity contribution in [3.05, 3.63) is 45.3 Å². The van der Waals surface area contributed by atoms with Crippen molar-refractivity contribution in [2.45, 2.75) is 39.3 Å². The quantitative estimate of drug-likeness (QED) is 0.870. The predicted molar refractivity (Wildman–Crippen MR) is 81.4 cm³/mol. The van der Waals surface area contributed by atoms with E-state index in [4.69, 9.17) is 9.15 Å². The van der Waals surface area contributed by atoms with E-state index in [1.165, 1.54) is 5.56 Å². The van der Waals surface area contributed by atoms with Crippen molar-refractivity contribution in [1.82, 2.24) is 0 Å². The minimum atomic E-state index is -0.272. The maximum Gasteiger partial charge on any atom is 0.336 e. The summed E-state index contributed by atoms with van der Waals surface area (Å²) in [6.07, 6.45) is 2.67. The second kappa shape index (κ2) is 6.00. The van der Waals surface area contributed by atoms with Crippen LogP contribution in [0.1, 0.15) is 29.5 Å². The average molecular weight is 288 g/mol. The Morgan fingerprint density at radius 1 is 1.24 bits per heavy atom. The standard InChI is InChI=1S/C17H21NO3/c1-11-6-15-13(9-18-10-14-4-3-5-20-14)8-17(19)21-16(15)7-12(11)2/h6-8,14,18H,3-5,9-10H2,1-2H3/p+1/t14-/m1/s1. The average Bonchev–Trinajstić information content (AvgIpc) is 2.94. The maximum atomic E-state index is 11.7. The van der Waals surface area contributed by atoms with Gasteiger partial charge in [0.05, 0.1) is 0 Å². The van der Waals surface area contributed by atoms with E-state index in [1.807, 2.05) is 13.0 Å². The molecule has 112 valence electrons. The number of hydrogen-bond acceptors (Lipinski definition) is 3. The summed E-state index contributed by atoms with van der Waals surface area (Å²) in [6.45, 7) is 6.73. The molecule has 21 heavy (non-hydrogen) atoms. The zero-order valence-corrected chi connectivity index (χ0v) is 12.6. The minimum Gasteiger partial charge on any atom is -0.423 e. The first-order valence-corrected chi connectivity index (χ1v) is 7.61. The molecule has 1 aromatic heterocycles. The van der Waals surface area contributed by atoms with Gasteiger partial charge in [-0.05, 0) is 49.9 Å². The first-order valence-electron chi connectivity index (χ1n) is 7.61. The van der Waals surface area contributed by atoms with Crippen LogP contribution in [-0.2, 0) is 11.3 Å². The van der Waals surface area contributed by atoms with Crippen LogP contribution in [0.15, 0.2) is 27.4 Å². The van der Waals surface area contributed by atoms with Crippen molar-refractivity contribution in [3.63, 3.8) is 0 Å². The molecule has 1 atom stereocenters. The molecule has 0 bridgehead atoms. The molecule has 1 aliphatic heterocycles. The molecule has 3 rings (SSSR count). The van der Waals surface area contributed by atoms with Gasteiger partial charge in [-0.1, -0.05) is 0 Å². The van der Waals surface area contributed by atoms with Gasteiger partial charge >= 0.3 is 5.63 Å². The molecular formula is C17H22NO3+. The van der Waals surface area contributed by atoms with E-state index in [0.29, 0.717) is 11.7 Å². The van der Waals surface area contributed by atoms with Crippen LogP contribution in [0.5, 0.6) is 0 Å². The van der Waals surface area contributed by atoms with Crippen molar-refractivity contribution in [2.24, 2.45) is 0 Å². The van der Waals surface area contributed by atoms with Crippen LogP contribution < -0.4 is 10.9 Å². The van der Waals surface area contributed by atoms with E-state index in [1.54, 1.807) is 6.07 Å². The van der Waals surface area contributed by atoms with Crippen LogP contribution in [0.25, 0.3) is 11.0 Å². The number of fused-ring (bicyclic) bond motifs is 1. The van der Waals surface area contributed by atoms with Crippen LogP contribution in [0, 0.1) is 13.8 Å². The predicted octanol–water partition coefficient (Wildman–Crippen LogP) is 1.65. The zero-order valence-electron chi connectivity index (χ0n) is 12.6. The number of rotatable bonds is 4. The number of benzene rings is 1. The van der Waals surface area contributed by atoms with Crippen LogP contribution >= 0.6 is 0 Å². The van der Waals surface area contributed by atoms with Gasteiger partial charge in [0.2, 0.25) is 0 Å². The summed E-state index contributed by atoms with van der Waals surface area (Å²) in [7, 11) is 0. The summed E-state index contributed by atoms with van der Waals surface area (Å²) in [6, 6.07) is 5.68. The van der Waals surface area contributed by atoms with E-state index >= 15 is 0 Å². The Labute approximate surface area is 124 Å². The van der Waals surface area contributed by atoms with Gasteiger partial charge in [0.15, 0.2) is 0 Å². The van der Waals surface area contributed by atoms with Gasteiger partial charge < -0.3 is 14.5 Å². The summed E-state index contributed by atoms with van der Waals surface area (Å²) < 4.78 is 10.9. The Morgan fingerprint density at radius 3 is 2.81 bits per heavy atom. The highest BCUT2D eigenvalue weighted by atomic mass is 16.5. The Morgan fingerprint density at radius 2 is 2.05 bits per heavy atom. The highest BCUT2D eigenvalue weighted by Crippen LogP contribution is 2.21. The molecule has 0 aliphatic carbocycles. The number of ether oxygens (including phenoxy) is 1. The molecule has 0 spiro atoms. The van der Waals surface area contributed by atoms with Crippen molar-refractivity contribution >= 4 is 11.0 Å². The summed E-state index contributed by atoms with van der Waals surface area (Å²) in [5.41, 5.74) is 3.82. The molecule has 0 amide bonds. The Hall–Kier alpha value is -1.65. The second-order valence-corrected chi connectivity index (χ2v) is 5.89. The molecule has 1 saturated heterocycles. The molecule has 4 nitrogen and oxygen atoms in total. The van der Waals surface area contributed by atoms with E-state index in [-0.39, 0.29) is 5.63 Å². The van der Waals surface area contributed by atoms with E-state index in [2.05, 4.69) is 18.3 Å². The van der Waals surface area contributed by atoms with Crippen molar-refractivity contribution in [2.75, 3.05) is 13.2 Å². The summed E-state index contributed by atoms with van der Waals surface area (Å²) in [5.74, 6) is 0. The third-order valence-corrected chi connectivity index (χ3v) is 4.26. The monoisotopic (exact) mass is 288 g/mol. The van der Waals surface area contributed by atoms with Crippen molar-refractivity contribution in [3.8, 4) is 0 Å². The number of quaternary nitrogens is 1. The van der Waals surface area contributed by atoms with Gasteiger partial charge in [0.25, 0.3) is 0 Å². The Bertz CT molecular complexity index is 699. The molecule has 0 radical (unpaired) electrons. The molecule has 4 heteroatoms. The molecule has 1 aliphatic rings. The maximum absolute atomic E-state index is 11.7. The van der Waals surface area contributed by atoms with Gasteiger partial charge in [-0.15, -0.1) is 0 Å². The lowest BCUT2D eigenvalue weighted by Crippen LogP contribution is -2.84. The first kappa shape index (κ1) is 14.3. The normalized spacial score (nSPS) is 18.5. The summed E-state index contributed by atoms with van der Waals surface area (Å²) in [5, 5.41) is 3.26. The minimum absolute atomic E-state index is 0.272. The molecule has 0 unspecified atom stereocenters. The lowest BCUT2D eigenvalue weighted by molar-refractivity contribution is -0.676. The fourth-order valence-electron chi connectivity index (χ4n) is 2.91. The van der Waals surface area contributed by atoms with Crippen LogP contribution in [-0.4, -0.2) is 19.3 Å². The molecule has 1 aromatic carbocycles. The fraction of sp³-hybridized carbons (Fsp3) is 0.471. The first-order chi connectivity index (χ1) is 10.1. The van der Waals surface area contributed by atoms with E-state index in [9.17, 15) is 4.79 Å². The Balaban J connectivity index is 1.83.